The molecule has 1 N–H and O–H groups in total. The predicted octanol–water partition coefficient (Wildman–Crippen LogP) is 0.953. The summed E-state index contributed by atoms with van der Waals surface area (Å²) in [6.07, 6.45) is 0.272. The van der Waals surface area contributed by atoms with E-state index in [1.165, 1.54) is 13.2 Å². The fourth-order valence-electron chi connectivity index (χ4n) is 2.43. The van der Waals surface area contributed by atoms with Gasteiger partial charge in [-0.15, -0.1) is 0 Å². The molecule has 7 heteroatoms. The summed E-state index contributed by atoms with van der Waals surface area (Å²) in [5, 5.41) is 2.59. The maximum Gasteiger partial charge on any atom is 0.240 e. The molecule has 0 bridgehead atoms. The second-order valence-electron chi connectivity index (χ2n) is 5.57. The van der Waals surface area contributed by atoms with Crippen LogP contribution in [-0.2, 0) is 24.7 Å². The topological polar surface area (TPSA) is 75.7 Å². The van der Waals surface area contributed by atoms with Crippen LogP contribution in [0.2, 0.25) is 0 Å². The number of likely N-dealkylation sites (tertiary alicyclic amines) is 1. The van der Waals surface area contributed by atoms with Crippen LogP contribution in [0.15, 0.2) is 24.3 Å². The van der Waals surface area contributed by atoms with Crippen molar-refractivity contribution in [3.63, 3.8) is 0 Å². The first-order valence-corrected chi connectivity index (χ1v) is 7.27. The van der Waals surface area contributed by atoms with Crippen molar-refractivity contribution in [3.8, 4) is 0 Å². The highest BCUT2D eigenvalue weighted by Gasteiger charge is 2.32. The van der Waals surface area contributed by atoms with Crippen LogP contribution in [0.4, 0.5) is 4.39 Å². The summed E-state index contributed by atoms with van der Waals surface area (Å²) >= 11 is 0. The number of nitrogens with zero attached hydrogens (tertiary/aromatic N) is 1. The van der Waals surface area contributed by atoms with E-state index in [-0.39, 0.29) is 37.7 Å². The molecule has 1 aromatic rings. The second kappa shape index (κ2) is 6.87. The normalized spacial score (nSPS) is 17.3. The SMILES string of the molecule is COC(C)(CNC(=O)CN1C(=O)CCC1=O)c1ccccc1F. The second-order valence-corrected chi connectivity index (χ2v) is 5.57. The number of methoxy groups -OCH3 is 1. The maximum atomic E-state index is 13.9. The molecule has 1 aromatic carbocycles. The molecule has 1 fully saturated rings. The molecule has 124 valence electrons. The highest BCUT2D eigenvalue weighted by atomic mass is 19.1. The van der Waals surface area contributed by atoms with Gasteiger partial charge in [0.25, 0.3) is 0 Å². The highest BCUT2D eigenvalue weighted by Crippen LogP contribution is 2.26. The monoisotopic (exact) mass is 322 g/mol. The lowest BCUT2D eigenvalue weighted by atomic mass is 9.95. The van der Waals surface area contributed by atoms with Crippen molar-refractivity contribution in [2.45, 2.75) is 25.4 Å². The number of nitrogens with one attached hydrogen (secondary N) is 1. The number of hydrogen-bond acceptors (Lipinski definition) is 4. The van der Waals surface area contributed by atoms with Crippen molar-refractivity contribution in [2.75, 3.05) is 20.2 Å². The van der Waals surface area contributed by atoms with Gasteiger partial charge in [-0.2, -0.15) is 0 Å². The number of amides is 3. The zero-order chi connectivity index (χ0) is 17.0. The molecule has 0 aromatic heterocycles. The minimum absolute atomic E-state index is 0.0134. The quantitative estimate of drug-likeness (QED) is 0.791. The molecule has 0 saturated carbocycles. The van der Waals surface area contributed by atoms with E-state index in [0.717, 1.165) is 4.90 Å². The molecule has 23 heavy (non-hydrogen) atoms. The lowest BCUT2D eigenvalue weighted by molar-refractivity contribution is -0.142. The molecule has 1 saturated heterocycles. The van der Waals surface area contributed by atoms with E-state index in [2.05, 4.69) is 5.32 Å². The first-order valence-electron chi connectivity index (χ1n) is 7.27. The van der Waals surface area contributed by atoms with Crippen LogP contribution in [0.25, 0.3) is 0 Å². The molecule has 1 atom stereocenters. The van der Waals surface area contributed by atoms with E-state index >= 15 is 0 Å². The van der Waals surface area contributed by atoms with Gasteiger partial charge in [-0.05, 0) is 13.0 Å². The minimum Gasteiger partial charge on any atom is -0.372 e. The van der Waals surface area contributed by atoms with E-state index < -0.39 is 17.3 Å². The fraction of sp³-hybridized carbons (Fsp3) is 0.438. The van der Waals surface area contributed by atoms with Crippen LogP contribution in [-0.4, -0.2) is 42.8 Å². The summed E-state index contributed by atoms with van der Waals surface area (Å²) in [4.78, 5) is 35.9. The van der Waals surface area contributed by atoms with Gasteiger partial charge >= 0.3 is 0 Å². The van der Waals surface area contributed by atoms with Crippen LogP contribution in [0.1, 0.15) is 25.3 Å². The van der Waals surface area contributed by atoms with Gasteiger partial charge < -0.3 is 10.1 Å². The lowest BCUT2D eigenvalue weighted by Crippen LogP contribution is -2.45. The third-order valence-electron chi connectivity index (χ3n) is 3.97. The molecule has 1 aliphatic rings. The van der Waals surface area contributed by atoms with Gasteiger partial charge in [0.1, 0.15) is 18.0 Å². The number of imide groups is 1. The average Bonchev–Trinajstić information content (AvgIpc) is 2.85. The summed E-state index contributed by atoms with van der Waals surface area (Å²) in [6, 6.07) is 6.14. The molecule has 0 aliphatic carbocycles. The van der Waals surface area contributed by atoms with Crippen LogP contribution in [0.3, 0.4) is 0 Å². The van der Waals surface area contributed by atoms with Crippen molar-refractivity contribution >= 4 is 17.7 Å². The van der Waals surface area contributed by atoms with E-state index in [1.54, 1.807) is 25.1 Å². The zero-order valence-corrected chi connectivity index (χ0v) is 13.1. The van der Waals surface area contributed by atoms with Gasteiger partial charge in [0.05, 0.1) is 6.54 Å². The molecule has 1 aliphatic heterocycles. The van der Waals surface area contributed by atoms with Gasteiger partial charge in [0.15, 0.2) is 0 Å². The van der Waals surface area contributed by atoms with Crippen LogP contribution in [0.5, 0.6) is 0 Å². The fourth-order valence-corrected chi connectivity index (χ4v) is 2.43. The van der Waals surface area contributed by atoms with Crippen LogP contribution in [0, 0.1) is 5.82 Å². The molecular weight excluding hydrogens is 303 g/mol. The van der Waals surface area contributed by atoms with Crippen molar-refractivity contribution in [3.05, 3.63) is 35.6 Å². The number of ether oxygens (including phenoxy) is 1. The van der Waals surface area contributed by atoms with Gasteiger partial charge in [0, 0.05) is 25.5 Å². The average molecular weight is 322 g/mol. The Morgan fingerprint density at radius 1 is 1.30 bits per heavy atom. The summed E-state index contributed by atoms with van der Waals surface area (Å²) < 4.78 is 19.3. The van der Waals surface area contributed by atoms with Gasteiger partial charge in [0.2, 0.25) is 17.7 Å². The van der Waals surface area contributed by atoms with Crippen molar-refractivity contribution in [1.29, 1.82) is 0 Å². The summed E-state index contributed by atoms with van der Waals surface area (Å²) in [6.45, 7) is 1.34. The number of halogens is 1. The molecule has 0 spiro atoms. The summed E-state index contributed by atoms with van der Waals surface area (Å²) in [5.74, 6) is -1.63. The predicted molar refractivity (Wildman–Crippen MR) is 79.7 cm³/mol. The third kappa shape index (κ3) is 3.73. The molecule has 6 nitrogen and oxygen atoms in total. The lowest BCUT2D eigenvalue weighted by Gasteiger charge is -2.29. The Hall–Kier alpha value is -2.28. The summed E-state index contributed by atoms with van der Waals surface area (Å²) in [7, 11) is 1.42. The number of hydrogen-bond donors (Lipinski definition) is 1. The van der Waals surface area contributed by atoms with Crippen LogP contribution < -0.4 is 5.32 Å². The number of carbonyl (C=O) groups excluding carboxylic acids is 3. The largest absolute Gasteiger partial charge is 0.372 e. The van der Waals surface area contributed by atoms with E-state index in [1.807, 2.05) is 0 Å². The van der Waals surface area contributed by atoms with Gasteiger partial charge in [-0.3, -0.25) is 19.3 Å². The van der Waals surface area contributed by atoms with E-state index in [9.17, 15) is 18.8 Å². The van der Waals surface area contributed by atoms with Gasteiger partial charge in [-0.1, -0.05) is 18.2 Å². The Labute approximate surface area is 133 Å². The van der Waals surface area contributed by atoms with Gasteiger partial charge in [-0.25, -0.2) is 4.39 Å². The Balaban J connectivity index is 2.00. The zero-order valence-electron chi connectivity index (χ0n) is 13.1. The maximum absolute atomic E-state index is 13.9. The Bertz CT molecular complexity index is 618. The molecule has 2 rings (SSSR count). The third-order valence-corrected chi connectivity index (χ3v) is 3.97. The molecular formula is C16H19FN2O4. The standard InChI is InChI=1S/C16H19FN2O4/c1-16(23-2,11-5-3-4-6-12(11)17)10-18-13(20)9-19-14(21)7-8-15(19)22/h3-6H,7-10H2,1-2H3,(H,18,20). The summed E-state index contributed by atoms with van der Waals surface area (Å²) in [5.41, 5.74) is -0.740. The van der Waals surface area contributed by atoms with Crippen molar-refractivity contribution in [1.82, 2.24) is 10.2 Å². The first-order chi connectivity index (χ1) is 10.9. The Morgan fingerprint density at radius 3 is 2.48 bits per heavy atom. The molecule has 1 heterocycles. The van der Waals surface area contributed by atoms with Crippen LogP contribution >= 0.6 is 0 Å². The smallest absolute Gasteiger partial charge is 0.240 e. The highest BCUT2D eigenvalue weighted by molar-refractivity contribution is 6.04. The number of carbonyl (C=O) groups is 3. The Kier molecular flexibility index (Phi) is 5.10. The van der Waals surface area contributed by atoms with Crippen molar-refractivity contribution in [2.24, 2.45) is 0 Å². The molecule has 0 radical (unpaired) electrons. The van der Waals surface area contributed by atoms with Crippen molar-refractivity contribution < 1.29 is 23.5 Å². The van der Waals surface area contributed by atoms with E-state index in [0.29, 0.717) is 5.56 Å². The number of rotatable bonds is 6. The minimum atomic E-state index is -1.06. The number of benzene rings is 1. The Morgan fingerprint density at radius 2 is 1.91 bits per heavy atom. The first kappa shape index (κ1) is 17.1. The molecule has 3 amide bonds. The molecule has 1 unspecified atom stereocenters. The van der Waals surface area contributed by atoms with E-state index in [4.69, 9.17) is 4.74 Å².